The summed E-state index contributed by atoms with van der Waals surface area (Å²) in [6.07, 6.45) is 0. The van der Waals surface area contributed by atoms with Crippen LogP contribution in [0.1, 0.15) is 35.9 Å². The van der Waals surface area contributed by atoms with Crippen LogP contribution in [0.2, 0.25) is 0 Å². The van der Waals surface area contributed by atoms with Gasteiger partial charge in [0, 0.05) is 0 Å². The molecule has 5 heteroatoms. The van der Waals surface area contributed by atoms with Gasteiger partial charge in [-0.15, -0.1) is 16.7 Å². The van der Waals surface area contributed by atoms with Gasteiger partial charge in [0.1, 0.15) is 10.8 Å². The highest BCUT2D eigenvalue weighted by Gasteiger charge is 2.08. The third-order valence-corrected chi connectivity index (χ3v) is 3.84. The van der Waals surface area contributed by atoms with E-state index >= 15 is 0 Å². The zero-order chi connectivity index (χ0) is 13.1. The van der Waals surface area contributed by atoms with Crippen molar-refractivity contribution < 1.29 is 4.74 Å². The van der Waals surface area contributed by atoms with Gasteiger partial charge in [-0.1, -0.05) is 36.3 Å². The van der Waals surface area contributed by atoms with Gasteiger partial charge >= 0.3 is 0 Å². The summed E-state index contributed by atoms with van der Waals surface area (Å²) in [5, 5.41) is 9.14. The van der Waals surface area contributed by atoms with Gasteiger partial charge < -0.3 is 4.74 Å². The molecule has 18 heavy (non-hydrogen) atoms. The Hall–Kier alpha value is -1.13. The maximum atomic E-state index is 5.68. The lowest BCUT2D eigenvalue weighted by molar-refractivity contribution is 0.472. The Morgan fingerprint density at radius 2 is 2.11 bits per heavy atom. The van der Waals surface area contributed by atoms with Crippen LogP contribution in [0.25, 0.3) is 0 Å². The summed E-state index contributed by atoms with van der Waals surface area (Å²) in [4.78, 5) is 0. The number of aryl methyl sites for hydroxylation is 1. The summed E-state index contributed by atoms with van der Waals surface area (Å²) in [6.45, 7) is 6.45. The van der Waals surface area contributed by atoms with E-state index in [0.29, 0.717) is 17.0 Å². The zero-order valence-electron chi connectivity index (χ0n) is 10.6. The standard InChI is InChI=1S/C13H15ClN2OS/c1-8(2)11-5-4-10(6-9(11)3)17-13-16-15-12(7-14)18-13/h4-6,8H,7H2,1-3H3. The summed E-state index contributed by atoms with van der Waals surface area (Å²) >= 11 is 7.04. The van der Waals surface area contributed by atoms with Crippen LogP contribution in [-0.2, 0) is 5.88 Å². The minimum atomic E-state index is 0.367. The minimum Gasteiger partial charge on any atom is -0.430 e. The molecule has 0 unspecified atom stereocenters. The molecular weight excluding hydrogens is 268 g/mol. The molecule has 1 heterocycles. The zero-order valence-corrected chi connectivity index (χ0v) is 12.2. The van der Waals surface area contributed by atoms with Gasteiger partial charge in [0.15, 0.2) is 0 Å². The molecule has 0 fully saturated rings. The average Bonchev–Trinajstić information content (AvgIpc) is 2.76. The van der Waals surface area contributed by atoms with Crippen molar-refractivity contribution in [3.8, 4) is 10.9 Å². The molecule has 2 rings (SSSR count). The number of rotatable bonds is 4. The van der Waals surface area contributed by atoms with Crippen molar-refractivity contribution in [1.82, 2.24) is 10.2 Å². The first-order chi connectivity index (χ1) is 8.60. The highest BCUT2D eigenvalue weighted by molar-refractivity contribution is 7.13. The number of nitrogens with zero attached hydrogens (tertiary/aromatic N) is 2. The molecule has 1 aromatic carbocycles. The Kier molecular flexibility index (Phi) is 4.19. The molecule has 0 amide bonds. The highest BCUT2D eigenvalue weighted by atomic mass is 35.5. The van der Waals surface area contributed by atoms with Crippen molar-refractivity contribution >= 4 is 22.9 Å². The largest absolute Gasteiger partial charge is 0.430 e. The smallest absolute Gasteiger partial charge is 0.299 e. The topological polar surface area (TPSA) is 35.0 Å². The fourth-order valence-electron chi connectivity index (χ4n) is 1.79. The van der Waals surface area contributed by atoms with Crippen LogP contribution in [-0.4, -0.2) is 10.2 Å². The predicted molar refractivity (Wildman–Crippen MR) is 74.8 cm³/mol. The molecule has 96 valence electrons. The predicted octanol–water partition coefficient (Wildman–Crippen LogP) is 4.50. The SMILES string of the molecule is Cc1cc(Oc2nnc(CCl)s2)ccc1C(C)C. The summed E-state index contributed by atoms with van der Waals surface area (Å²) in [7, 11) is 0. The first kappa shape index (κ1) is 13.3. The van der Waals surface area contributed by atoms with Gasteiger partial charge in [-0.2, -0.15) is 0 Å². The molecule has 0 saturated heterocycles. The second-order valence-corrected chi connectivity index (χ2v) is 5.66. The molecule has 0 aliphatic rings. The number of ether oxygens (including phenoxy) is 1. The van der Waals surface area contributed by atoms with Crippen LogP contribution in [0.15, 0.2) is 18.2 Å². The first-order valence-electron chi connectivity index (χ1n) is 5.77. The van der Waals surface area contributed by atoms with Crippen LogP contribution in [0, 0.1) is 6.92 Å². The lowest BCUT2D eigenvalue weighted by atomic mass is 9.98. The second kappa shape index (κ2) is 5.67. The van der Waals surface area contributed by atoms with Crippen molar-refractivity contribution in [3.63, 3.8) is 0 Å². The van der Waals surface area contributed by atoms with Crippen molar-refractivity contribution in [2.45, 2.75) is 32.6 Å². The third kappa shape index (κ3) is 3.00. The highest BCUT2D eigenvalue weighted by Crippen LogP contribution is 2.29. The summed E-state index contributed by atoms with van der Waals surface area (Å²) in [5.74, 6) is 1.67. The third-order valence-electron chi connectivity index (χ3n) is 2.63. The Morgan fingerprint density at radius 1 is 1.33 bits per heavy atom. The number of aromatic nitrogens is 2. The summed E-state index contributed by atoms with van der Waals surface area (Å²) in [5.41, 5.74) is 2.56. The quantitative estimate of drug-likeness (QED) is 0.775. The van der Waals surface area contributed by atoms with Gasteiger partial charge in [0.25, 0.3) is 5.19 Å². The van der Waals surface area contributed by atoms with Gasteiger partial charge in [-0.05, 0) is 36.1 Å². The number of benzene rings is 1. The summed E-state index contributed by atoms with van der Waals surface area (Å²) in [6, 6.07) is 6.08. The molecule has 0 N–H and O–H groups in total. The monoisotopic (exact) mass is 282 g/mol. The molecule has 0 radical (unpaired) electrons. The average molecular weight is 283 g/mol. The minimum absolute atomic E-state index is 0.367. The normalized spacial score (nSPS) is 10.9. The van der Waals surface area contributed by atoms with Gasteiger partial charge in [0.2, 0.25) is 0 Å². The maximum Gasteiger partial charge on any atom is 0.299 e. The number of halogens is 1. The molecular formula is C13H15ClN2OS. The van der Waals surface area contributed by atoms with E-state index in [1.807, 2.05) is 12.1 Å². The molecule has 0 atom stereocenters. The Labute approximate surface area is 116 Å². The van der Waals surface area contributed by atoms with E-state index in [4.69, 9.17) is 16.3 Å². The molecule has 0 bridgehead atoms. The van der Waals surface area contributed by atoms with Crippen molar-refractivity contribution in [1.29, 1.82) is 0 Å². The van der Waals surface area contributed by atoms with Gasteiger partial charge in [-0.3, -0.25) is 0 Å². The summed E-state index contributed by atoms with van der Waals surface area (Å²) < 4.78 is 5.66. The van der Waals surface area contributed by atoms with E-state index in [-0.39, 0.29) is 0 Å². The van der Waals surface area contributed by atoms with Crippen LogP contribution < -0.4 is 4.74 Å². The molecule has 0 spiro atoms. The van der Waals surface area contributed by atoms with E-state index < -0.39 is 0 Å². The van der Waals surface area contributed by atoms with E-state index in [1.54, 1.807) is 0 Å². The lowest BCUT2D eigenvalue weighted by Gasteiger charge is -2.10. The van der Waals surface area contributed by atoms with Crippen LogP contribution in [0.3, 0.4) is 0 Å². The number of hydrogen-bond donors (Lipinski definition) is 0. The van der Waals surface area contributed by atoms with E-state index in [0.717, 1.165) is 10.8 Å². The van der Waals surface area contributed by atoms with Crippen molar-refractivity contribution in [2.24, 2.45) is 0 Å². The molecule has 0 aliphatic heterocycles. The van der Waals surface area contributed by atoms with E-state index in [2.05, 4.69) is 37.0 Å². The van der Waals surface area contributed by atoms with E-state index in [1.165, 1.54) is 22.5 Å². The maximum absolute atomic E-state index is 5.68. The van der Waals surface area contributed by atoms with E-state index in [9.17, 15) is 0 Å². The Bertz CT molecular complexity index is 540. The van der Waals surface area contributed by atoms with Crippen LogP contribution in [0.5, 0.6) is 10.9 Å². The molecule has 3 nitrogen and oxygen atoms in total. The fourth-order valence-corrected chi connectivity index (χ4v) is 2.57. The van der Waals surface area contributed by atoms with Crippen molar-refractivity contribution in [3.05, 3.63) is 34.3 Å². The Balaban J connectivity index is 2.17. The molecule has 0 aliphatic carbocycles. The first-order valence-corrected chi connectivity index (χ1v) is 7.12. The van der Waals surface area contributed by atoms with Gasteiger partial charge in [0.05, 0.1) is 5.88 Å². The van der Waals surface area contributed by atoms with Gasteiger partial charge in [-0.25, -0.2) is 0 Å². The number of hydrogen-bond acceptors (Lipinski definition) is 4. The van der Waals surface area contributed by atoms with Crippen LogP contribution in [0.4, 0.5) is 0 Å². The Morgan fingerprint density at radius 3 is 2.67 bits per heavy atom. The fraction of sp³-hybridized carbons (Fsp3) is 0.385. The lowest BCUT2D eigenvalue weighted by Crippen LogP contribution is -1.92. The number of alkyl halides is 1. The van der Waals surface area contributed by atoms with Crippen molar-refractivity contribution in [2.75, 3.05) is 0 Å². The van der Waals surface area contributed by atoms with Crippen LogP contribution >= 0.6 is 22.9 Å². The second-order valence-electron chi connectivity index (χ2n) is 4.37. The molecule has 2 aromatic rings. The molecule has 1 aromatic heterocycles. The molecule has 0 saturated carbocycles.